The lowest BCUT2D eigenvalue weighted by molar-refractivity contribution is -0.142. The summed E-state index contributed by atoms with van der Waals surface area (Å²) in [7, 11) is 1.97. The number of benzene rings is 1. The molecule has 62 heavy (non-hydrogen) atoms. The van der Waals surface area contributed by atoms with Crippen LogP contribution in [0.15, 0.2) is 36.4 Å². The summed E-state index contributed by atoms with van der Waals surface area (Å²) in [5.41, 5.74) is 2.80. The fourth-order valence-corrected chi connectivity index (χ4v) is 6.16. The summed E-state index contributed by atoms with van der Waals surface area (Å²) in [5.74, 6) is -3.34. The first-order valence-corrected chi connectivity index (χ1v) is 20.9. The van der Waals surface area contributed by atoms with Crippen LogP contribution in [-0.4, -0.2) is 184 Å². The Morgan fingerprint density at radius 2 is 1.31 bits per heavy atom. The number of aliphatic hydroxyl groups is 1. The van der Waals surface area contributed by atoms with Gasteiger partial charge in [0.15, 0.2) is 6.10 Å². The number of aliphatic hydroxyl groups excluding tert-OH is 1. The molecule has 0 aliphatic carbocycles. The average Bonchev–Trinajstić information content (AvgIpc) is 3.58. The molecule has 7 N–H and O–H groups in total. The van der Waals surface area contributed by atoms with E-state index in [-0.39, 0.29) is 83.1 Å². The van der Waals surface area contributed by atoms with Crippen molar-refractivity contribution in [2.75, 3.05) is 111 Å². The first-order valence-electron chi connectivity index (χ1n) is 20.9. The number of carbonyl (C=O) groups excluding carboxylic acids is 7. The van der Waals surface area contributed by atoms with Gasteiger partial charge in [-0.1, -0.05) is 26.0 Å². The monoisotopic (exact) mass is 876 g/mol. The van der Waals surface area contributed by atoms with Crippen molar-refractivity contribution < 1.29 is 62.8 Å². The van der Waals surface area contributed by atoms with E-state index in [0.29, 0.717) is 57.2 Å². The number of hydroxylamine groups is 1. The number of anilines is 1. The minimum atomic E-state index is -1.34. The largest absolute Gasteiger partial charge is 0.379 e. The van der Waals surface area contributed by atoms with Gasteiger partial charge in [0, 0.05) is 76.5 Å². The maximum atomic E-state index is 13.4. The third-order valence-corrected chi connectivity index (χ3v) is 9.84. The molecule has 0 spiro atoms. The second kappa shape index (κ2) is 28.7. The molecule has 2 aliphatic heterocycles. The second-order valence-corrected chi connectivity index (χ2v) is 15.0. The van der Waals surface area contributed by atoms with Gasteiger partial charge in [-0.3, -0.25) is 38.5 Å². The maximum absolute atomic E-state index is 13.4. The highest BCUT2D eigenvalue weighted by molar-refractivity contribution is 6.13. The molecule has 3 rings (SSSR count). The minimum absolute atomic E-state index is 0.0112. The molecule has 0 saturated carbocycles. The predicted octanol–water partition coefficient (Wildman–Crippen LogP) is -1.30. The summed E-state index contributed by atoms with van der Waals surface area (Å²) in [6, 6.07) is 4.28. The number of piperazine rings is 1. The zero-order valence-corrected chi connectivity index (χ0v) is 35.9. The summed E-state index contributed by atoms with van der Waals surface area (Å²) in [4.78, 5) is 92.0. The van der Waals surface area contributed by atoms with E-state index in [1.54, 1.807) is 43.0 Å². The van der Waals surface area contributed by atoms with E-state index in [9.17, 15) is 38.7 Å². The van der Waals surface area contributed by atoms with Crippen LogP contribution >= 0.6 is 0 Å². The van der Waals surface area contributed by atoms with Crippen molar-refractivity contribution in [3.8, 4) is 0 Å². The Morgan fingerprint density at radius 1 is 0.726 bits per heavy atom. The van der Waals surface area contributed by atoms with Gasteiger partial charge in [-0.05, 0) is 43.5 Å². The molecule has 7 amide bonds. The number of imide groups is 1. The third kappa shape index (κ3) is 19.0. The number of carbonyl (C=O) groups is 7. The van der Waals surface area contributed by atoms with Crippen LogP contribution < -0.4 is 26.7 Å². The number of amides is 7. The smallest absolute Gasteiger partial charge is 0.256 e. The zero-order chi connectivity index (χ0) is 45.3. The Balaban J connectivity index is 1.27. The highest BCUT2D eigenvalue weighted by Crippen LogP contribution is 2.20. The number of hydrogen-bond acceptors (Lipinski definition) is 15. The Hall–Kier alpha value is -4.87. The normalized spacial score (nSPS) is 15.7. The fraction of sp³-hybridized carbons (Fsp3) is 0.634. The molecule has 1 unspecified atom stereocenters. The van der Waals surface area contributed by atoms with Crippen LogP contribution in [0, 0.1) is 5.92 Å². The van der Waals surface area contributed by atoms with Crippen molar-refractivity contribution >= 4 is 47.0 Å². The van der Waals surface area contributed by atoms with E-state index >= 15 is 0 Å². The van der Waals surface area contributed by atoms with Gasteiger partial charge in [-0.15, -0.1) is 0 Å². The standard InChI is InChI=1S/C41H64N8O13/c1-29(2)37(46-34(51)13-21-59-23-25-61-27-28-62-26-24-60-22-15-42-33(50)12-16-49-35(52)10-11-36(49)53)40(56)45-32(5-4-14-43-58)39(55)44-31-8-6-30(7-9-31)38(54)41(57)48-19-17-47(3)18-20-48/h6-11,29,32,37-38,43,54,58H,4-5,12-28H2,1-3H3,(H,42,50)(H,44,55)(H,45,56)(H,46,51)/t32-,37-,38?/m0/s1. The van der Waals surface area contributed by atoms with Crippen molar-refractivity contribution in [1.29, 1.82) is 0 Å². The summed E-state index contributed by atoms with van der Waals surface area (Å²) in [5, 5.41) is 30.6. The summed E-state index contributed by atoms with van der Waals surface area (Å²) < 4.78 is 21.8. The minimum Gasteiger partial charge on any atom is -0.379 e. The highest BCUT2D eigenvalue weighted by Gasteiger charge is 2.30. The highest BCUT2D eigenvalue weighted by atomic mass is 16.6. The van der Waals surface area contributed by atoms with E-state index in [1.807, 2.05) is 12.5 Å². The van der Waals surface area contributed by atoms with Crippen molar-refractivity contribution in [3.63, 3.8) is 0 Å². The van der Waals surface area contributed by atoms with Crippen molar-refractivity contribution in [3.05, 3.63) is 42.0 Å². The first kappa shape index (κ1) is 51.5. The Kier molecular flexibility index (Phi) is 23.8. The molecule has 0 radical (unpaired) electrons. The van der Waals surface area contributed by atoms with Crippen molar-refractivity contribution in [1.82, 2.24) is 36.1 Å². The molecule has 1 saturated heterocycles. The van der Waals surface area contributed by atoms with Gasteiger partial charge in [0.25, 0.3) is 17.7 Å². The molecule has 21 heteroatoms. The molecule has 346 valence electrons. The third-order valence-electron chi connectivity index (χ3n) is 9.84. The van der Waals surface area contributed by atoms with Gasteiger partial charge in [0.2, 0.25) is 23.6 Å². The van der Waals surface area contributed by atoms with Gasteiger partial charge in [0.05, 0.1) is 52.9 Å². The van der Waals surface area contributed by atoms with Crippen LogP contribution in [-0.2, 0) is 52.5 Å². The summed E-state index contributed by atoms with van der Waals surface area (Å²) in [6.07, 6.45) is 1.52. The Bertz CT molecular complexity index is 1600. The van der Waals surface area contributed by atoms with Crippen LogP contribution in [0.2, 0.25) is 0 Å². The summed E-state index contributed by atoms with van der Waals surface area (Å²) >= 11 is 0. The fourth-order valence-electron chi connectivity index (χ4n) is 6.16. The topological polar surface area (TPSA) is 267 Å². The number of hydrogen-bond donors (Lipinski definition) is 7. The van der Waals surface area contributed by atoms with Gasteiger partial charge in [-0.2, -0.15) is 0 Å². The summed E-state index contributed by atoms with van der Waals surface area (Å²) in [6.45, 7) is 8.63. The quantitative estimate of drug-likeness (QED) is 0.0269. The molecular formula is C41H64N8O13. The van der Waals surface area contributed by atoms with Gasteiger partial charge < -0.3 is 60.3 Å². The zero-order valence-electron chi connectivity index (χ0n) is 35.9. The van der Waals surface area contributed by atoms with E-state index in [2.05, 4.69) is 26.2 Å². The van der Waals surface area contributed by atoms with Gasteiger partial charge >= 0.3 is 0 Å². The molecule has 1 aromatic carbocycles. The van der Waals surface area contributed by atoms with E-state index in [0.717, 1.165) is 18.0 Å². The van der Waals surface area contributed by atoms with E-state index in [4.69, 9.17) is 24.2 Å². The molecule has 1 aromatic rings. The van der Waals surface area contributed by atoms with Gasteiger partial charge in [0.1, 0.15) is 12.1 Å². The Morgan fingerprint density at radius 3 is 1.89 bits per heavy atom. The molecule has 21 nitrogen and oxygen atoms in total. The lowest BCUT2D eigenvalue weighted by atomic mass is 10.0. The number of nitrogens with zero attached hydrogens (tertiary/aromatic N) is 3. The SMILES string of the molecule is CC(C)[C@H](NC(=O)CCOCCOCCOCCOCCNC(=O)CCN1C(=O)C=CC1=O)C(=O)N[C@@H](CCCNO)C(=O)Nc1ccc(C(O)C(=O)N2CCN(C)CC2)cc1. The molecule has 2 heterocycles. The van der Waals surface area contributed by atoms with Crippen LogP contribution in [0.5, 0.6) is 0 Å². The molecule has 3 atom stereocenters. The van der Waals surface area contributed by atoms with Crippen molar-refractivity contribution in [2.24, 2.45) is 5.92 Å². The van der Waals surface area contributed by atoms with Crippen LogP contribution in [0.25, 0.3) is 0 Å². The lowest BCUT2D eigenvalue weighted by Crippen LogP contribution is -2.54. The number of likely N-dealkylation sites (N-methyl/N-ethyl adjacent to an activating group) is 1. The molecule has 0 aromatic heterocycles. The molecule has 0 bridgehead atoms. The van der Waals surface area contributed by atoms with E-state index < -0.39 is 47.7 Å². The number of ether oxygens (including phenoxy) is 4. The predicted molar refractivity (Wildman–Crippen MR) is 223 cm³/mol. The number of rotatable bonds is 30. The number of nitrogens with one attached hydrogen (secondary N) is 5. The van der Waals surface area contributed by atoms with E-state index in [1.165, 1.54) is 12.2 Å². The molecular weight excluding hydrogens is 812 g/mol. The molecule has 1 fully saturated rings. The maximum Gasteiger partial charge on any atom is 0.256 e. The van der Waals surface area contributed by atoms with Crippen molar-refractivity contribution in [2.45, 2.75) is 57.7 Å². The second-order valence-electron chi connectivity index (χ2n) is 15.0. The van der Waals surface area contributed by atoms with Crippen LogP contribution in [0.3, 0.4) is 0 Å². The van der Waals surface area contributed by atoms with Crippen LogP contribution in [0.1, 0.15) is 51.2 Å². The first-order chi connectivity index (χ1) is 29.8. The van der Waals surface area contributed by atoms with Crippen LogP contribution in [0.4, 0.5) is 5.69 Å². The van der Waals surface area contributed by atoms with Gasteiger partial charge in [-0.25, -0.2) is 5.48 Å². The molecule has 2 aliphatic rings. The lowest BCUT2D eigenvalue weighted by Gasteiger charge is -2.33. The average molecular weight is 877 g/mol. The Labute approximate surface area is 362 Å².